The third-order valence-electron chi connectivity index (χ3n) is 7.82. The average Bonchev–Trinajstić information content (AvgIpc) is 2.95. The van der Waals surface area contributed by atoms with Gasteiger partial charge in [-0.25, -0.2) is 4.79 Å². The fourth-order valence-electron chi connectivity index (χ4n) is 5.79. The summed E-state index contributed by atoms with van der Waals surface area (Å²) < 4.78 is 86.4. The van der Waals surface area contributed by atoms with Crippen molar-refractivity contribution in [1.29, 1.82) is 0 Å². The summed E-state index contributed by atoms with van der Waals surface area (Å²) in [5.41, 5.74) is -0.763. The van der Waals surface area contributed by atoms with Gasteiger partial charge in [0.25, 0.3) is 5.91 Å². The number of Topliss-reactive ketones (excluding diaryl/α,β-unsaturated/α-hetero) is 1. The molecule has 43 heavy (non-hydrogen) atoms. The van der Waals surface area contributed by atoms with Gasteiger partial charge in [0.2, 0.25) is 5.91 Å². The molecule has 2 unspecified atom stereocenters. The van der Waals surface area contributed by atoms with E-state index in [1.54, 1.807) is 0 Å². The van der Waals surface area contributed by atoms with Gasteiger partial charge < -0.3 is 20.7 Å². The van der Waals surface area contributed by atoms with Crippen LogP contribution >= 0.6 is 0 Å². The van der Waals surface area contributed by atoms with Crippen molar-refractivity contribution in [2.75, 3.05) is 4.90 Å². The Morgan fingerprint density at radius 2 is 1.58 bits per heavy atom. The van der Waals surface area contributed by atoms with Crippen LogP contribution in [0.25, 0.3) is 0 Å². The smallest absolute Gasteiger partial charge is 0.416 e. The van der Waals surface area contributed by atoms with E-state index in [4.69, 9.17) is 10.5 Å². The number of nitrogens with one attached hydrogen (secondary N) is 1. The van der Waals surface area contributed by atoms with E-state index in [9.17, 15) is 45.5 Å². The highest BCUT2D eigenvalue weighted by Crippen LogP contribution is 2.51. The molecule has 2 aromatic carbocycles. The molecule has 8 nitrogen and oxygen atoms in total. The van der Waals surface area contributed by atoms with Crippen LogP contribution in [0.2, 0.25) is 0 Å². The number of nitrogens with two attached hydrogens (primary N) is 1. The van der Waals surface area contributed by atoms with Gasteiger partial charge in [0, 0.05) is 17.9 Å². The van der Waals surface area contributed by atoms with E-state index in [1.165, 1.54) is 24.3 Å². The third-order valence-corrected chi connectivity index (χ3v) is 7.82. The number of para-hydroxylation sites is 1. The van der Waals surface area contributed by atoms with Crippen LogP contribution in [0.15, 0.2) is 42.5 Å². The number of carbonyl (C=O) groups excluding carboxylic acids is 4. The summed E-state index contributed by atoms with van der Waals surface area (Å²) >= 11 is 0. The van der Waals surface area contributed by atoms with Crippen LogP contribution < -0.4 is 16.0 Å². The van der Waals surface area contributed by atoms with Crippen LogP contribution in [0, 0.1) is 11.3 Å². The fraction of sp³-hybridized carbons (Fsp3) is 0.448. The highest BCUT2D eigenvalue weighted by molar-refractivity contribution is 6.13. The molecule has 0 aromatic heterocycles. The number of carbonyl (C=O) groups is 4. The molecule has 0 spiro atoms. The number of alkyl halides is 6. The zero-order valence-electron chi connectivity index (χ0n) is 23.4. The molecule has 1 aliphatic heterocycles. The number of rotatable bonds is 5. The van der Waals surface area contributed by atoms with Gasteiger partial charge in [-0.2, -0.15) is 26.3 Å². The van der Waals surface area contributed by atoms with Crippen molar-refractivity contribution in [3.8, 4) is 0 Å². The number of fused-ring (bicyclic) bond motifs is 1. The number of primary amides is 1. The third kappa shape index (κ3) is 6.32. The first-order valence-electron chi connectivity index (χ1n) is 13.3. The quantitative estimate of drug-likeness (QED) is 0.425. The predicted molar refractivity (Wildman–Crippen MR) is 141 cm³/mol. The molecule has 4 rings (SSSR count). The van der Waals surface area contributed by atoms with Crippen molar-refractivity contribution in [1.82, 2.24) is 5.32 Å². The molecule has 0 radical (unpaired) electrons. The fourth-order valence-corrected chi connectivity index (χ4v) is 5.79. The number of amides is 3. The second kappa shape index (κ2) is 10.9. The highest BCUT2D eigenvalue weighted by atomic mass is 19.4. The van der Waals surface area contributed by atoms with E-state index in [1.807, 2.05) is 20.8 Å². The van der Waals surface area contributed by atoms with Crippen molar-refractivity contribution in [3.63, 3.8) is 0 Å². The topological polar surface area (TPSA) is 119 Å². The van der Waals surface area contributed by atoms with Crippen molar-refractivity contribution in [3.05, 3.63) is 64.7 Å². The molecule has 2 aliphatic rings. The molecule has 232 valence electrons. The average molecular weight is 614 g/mol. The minimum absolute atomic E-state index is 0.0186. The molecule has 3 atom stereocenters. The highest BCUT2D eigenvalue weighted by Gasteiger charge is 2.60. The molecule has 14 heteroatoms. The van der Waals surface area contributed by atoms with Crippen LogP contribution in [0.4, 0.5) is 36.8 Å². The Balaban J connectivity index is 1.75. The zero-order chi connectivity index (χ0) is 32.1. The Morgan fingerprint density at radius 3 is 2.07 bits per heavy atom. The number of benzene rings is 2. The van der Waals surface area contributed by atoms with Crippen LogP contribution in [0.5, 0.6) is 0 Å². The number of nitrogens with zero attached hydrogens (tertiary/aromatic N) is 1. The first-order valence-corrected chi connectivity index (χ1v) is 13.3. The maximum Gasteiger partial charge on any atom is 0.416 e. The van der Waals surface area contributed by atoms with Crippen LogP contribution in [0.3, 0.4) is 0 Å². The number of hydrogen-bond donors (Lipinski definition) is 2. The standard InChI is InChI=1S/C29H29F6N3O5/c1-26(2,3)22-8-9-27(22,43-25(36)42)24(41)37-19-13-21(39)18-6-4-5-7-20(18)38(23(19)40)14-15-10-16(28(30,31)32)12-17(11-15)29(33,34)35/h4-7,10-12,19,22H,8-9,13-14H2,1-3H3,(H2,36,42)(H,37,41)/t19-,22?,27?/m1/s1. The maximum atomic E-state index is 13.9. The summed E-state index contributed by atoms with van der Waals surface area (Å²) in [5, 5.41) is 2.47. The molecule has 1 saturated carbocycles. The molecule has 3 amide bonds. The molecule has 1 aliphatic carbocycles. The van der Waals surface area contributed by atoms with E-state index >= 15 is 0 Å². The lowest BCUT2D eigenvalue weighted by atomic mass is 9.58. The minimum atomic E-state index is -5.12. The summed E-state index contributed by atoms with van der Waals surface area (Å²) in [6, 6.07) is 4.96. The van der Waals surface area contributed by atoms with E-state index in [2.05, 4.69) is 5.32 Å². The van der Waals surface area contributed by atoms with Crippen LogP contribution in [-0.4, -0.2) is 35.3 Å². The van der Waals surface area contributed by atoms with Gasteiger partial charge in [0.15, 0.2) is 11.4 Å². The summed E-state index contributed by atoms with van der Waals surface area (Å²) in [7, 11) is 0. The lowest BCUT2D eigenvalue weighted by Crippen LogP contribution is -2.66. The van der Waals surface area contributed by atoms with Crippen LogP contribution in [-0.2, 0) is 33.2 Å². The zero-order valence-corrected chi connectivity index (χ0v) is 23.4. The Kier molecular flexibility index (Phi) is 8.05. The largest absolute Gasteiger partial charge is 0.433 e. The summed E-state index contributed by atoms with van der Waals surface area (Å²) in [6.07, 6.45) is -11.5. The number of hydrogen-bond acceptors (Lipinski definition) is 5. The second-order valence-electron chi connectivity index (χ2n) is 11.8. The Bertz CT molecular complexity index is 1430. The van der Waals surface area contributed by atoms with Gasteiger partial charge in [0.1, 0.15) is 6.04 Å². The van der Waals surface area contributed by atoms with Gasteiger partial charge in [-0.1, -0.05) is 32.9 Å². The van der Waals surface area contributed by atoms with Gasteiger partial charge in [-0.3, -0.25) is 14.4 Å². The Hall–Kier alpha value is -4.10. The van der Waals surface area contributed by atoms with E-state index in [0.29, 0.717) is 18.6 Å². The van der Waals surface area contributed by atoms with Crippen molar-refractivity contribution in [2.45, 2.75) is 70.6 Å². The molecule has 0 bridgehead atoms. The molecular formula is C29H29F6N3O5. The van der Waals surface area contributed by atoms with E-state index in [0.717, 1.165) is 4.90 Å². The Morgan fingerprint density at radius 1 is 1.00 bits per heavy atom. The SMILES string of the molecule is CC(C)(C)C1CCC1(OC(N)=O)C(=O)N[C@@H]1CC(=O)c2ccccc2N(Cc2cc(C(F)(F)F)cc(C(F)(F)F)c2)C1=O. The van der Waals surface area contributed by atoms with Crippen LogP contribution in [0.1, 0.15) is 67.1 Å². The monoisotopic (exact) mass is 613 g/mol. The van der Waals surface area contributed by atoms with Gasteiger partial charge in [0.05, 0.1) is 23.4 Å². The van der Waals surface area contributed by atoms with Crippen molar-refractivity contribution < 1.29 is 50.3 Å². The molecule has 1 fully saturated rings. The van der Waals surface area contributed by atoms with Gasteiger partial charge in [-0.15, -0.1) is 0 Å². The summed E-state index contributed by atoms with van der Waals surface area (Å²) in [4.78, 5) is 53.4. The van der Waals surface area contributed by atoms with E-state index in [-0.39, 0.29) is 23.7 Å². The number of halogens is 6. The first kappa shape index (κ1) is 31.8. The van der Waals surface area contributed by atoms with Gasteiger partial charge >= 0.3 is 18.4 Å². The normalized spacial score (nSPS) is 22.8. The molecule has 1 heterocycles. The number of ether oxygens (including phenoxy) is 1. The molecule has 2 aromatic rings. The van der Waals surface area contributed by atoms with Crippen molar-refractivity contribution >= 4 is 29.4 Å². The maximum absolute atomic E-state index is 13.9. The van der Waals surface area contributed by atoms with Gasteiger partial charge in [-0.05, 0) is 54.2 Å². The summed E-state index contributed by atoms with van der Waals surface area (Å²) in [5.74, 6) is -2.97. The molecule has 0 saturated heterocycles. The minimum Gasteiger partial charge on any atom is -0.433 e. The molecular weight excluding hydrogens is 584 g/mol. The lowest BCUT2D eigenvalue weighted by Gasteiger charge is -2.52. The lowest BCUT2D eigenvalue weighted by molar-refractivity contribution is -0.173. The first-order chi connectivity index (χ1) is 19.7. The second-order valence-corrected chi connectivity index (χ2v) is 11.8. The molecule has 3 N–H and O–H groups in total. The predicted octanol–water partition coefficient (Wildman–Crippen LogP) is 5.62. The Labute approximate surface area is 242 Å². The van der Waals surface area contributed by atoms with E-state index < -0.39 is 88.7 Å². The summed E-state index contributed by atoms with van der Waals surface area (Å²) in [6.45, 7) is 4.65. The number of anilines is 1. The number of ketones is 1. The van der Waals surface area contributed by atoms with Crippen molar-refractivity contribution in [2.24, 2.45) is 17.1 Å².